The van der Waals surface area contributed by atoms with Gasteiger partial charge in [-0.15, -0.1) is 0 Å². The van der Waals surface area contributed by atoms with E-state index in [1.807, 2.05) is 23.1 Å². The third-order valence-corrected chi connectivity index (χ3v) is 3.89. The van der Waals surface area contributed by atoms with Gasteiger partial charge in [-0.25, -0.2) is 4.79 Å². The maximum atomic E-state index is 12.3. The molecule has 2 atom stereocenters. The molecule has 1 aliphatic rings. The van der Waals surface area contributed by atoms with E-state index in [-0.39, 0.29) is 18.7 Å². The van der Waals surface area contributed by atoms with E-state index in [0.29, 0.717) is 18.5 Å². The van der Waals surface area contributed by atoms with Gasteiger partial charge < -0.3 is 10.1 Å². The van der Waals surface area contributed by atoms with Crippen LogP contribution in [0.15, 0.2) is 43.0 Å². The number of hydrogen-bond acceptors (Lipinski definition) is 3. The van der Waals surface area contributed by atoms with E-state index >= 15 is 0 Å². The van der Waals surface area contributed by atoms with Gasteiger partial charge in [0.05, 0.1) is 6.04 Å². The van der Waals surface area contributed by atoms with Crippen molar-refractivity contribution in [2.75, 3.05) is 19.7 Å². The summed E-state index contributed by atoms with van der Waals surface area (Å²) in [5.41, 5.74) is 1.13. The quantitative estimate of drug-likeness (QED) is 0.866. The summed E-state index contributed by atoms with van der Waals surface area (Å²) in [5.74, 6) is 0.469. The summed E-state index contributed by atoms with van der Waals surface area (Å²) in [7, 11) is 0. The highest BCUT2D eigenvalue weighted by atomic mass is 16.6. The molecule has 21 heavy (non-hydrogen) atoms. The molecule has 4 heteroatoms. The van der Waals surface area contributed by atoms with E-state index in [9.17, 15) is 4.79 Å². The molecular formula is C17H24N2O2. The summed E-state index contributed by atoms with van der Waals surface area (Å²) in [5, 5.41) is 3.54. The minimum Gasteiger partial charge on any atom is -0.445 e. The van der Waals surface area contributed by atoms with Crippen LogP contribution in [-0.4, -0.2) is 36.7 Å². The van der Waals surface area contributed by atoms with Gasteiger partial charge in [0, 0.05) is 19.1 Å². The van der Waals surface area contributed by atoms with Crippen molar-refractivity contribution in [3.05, 3.63) is 48.6 Å². The number of carbonyl (C=O) groups is 1. The van der Waals surface area contributed by atoms with Gasteiger partial charge in [0.25, 0.3) is 0 Å². The lowest BCUT2D eigenvalue weighted by atomic mass is 9.96. The molecule has 114 valence electrons. The lowest BCUT2D eigenvalue weighted by Crippen LogP contribution is -2.56. The third kappa shape index (κ3) is 3.85. The zero-order chi connectivity index (χ0) is 15.2. The Morgan fingerprint density at radius 1 is 1.48 bits per heavy atom. The van der Waals surface area contributed by atoms with Crippen molar-refractivity contribution in [1.82, 2.24) is 10.2 Å². The standard InChI is InChI=1S/C17H24N2O2/c1-4-10-21-17(20)19-12-15(13(2)3)18-11-16(19)14-8-6-5-7-9-14/h4-9,13,15-16,18H,1,10-12H2,2-3H3. The van der Waals surface area contributed by atoms with E-state index in [1.165, 1.54) is 0 Å². The highest BCUT2D eigenvalue weighted by Gasteiger charge is 2.34. The molecule has 1 aromatic rings. The molecule has 1 fully saturated rings. The first kappa shape index (κ1) is 15.6. The molecule has 1 aromatic carbocycles. The molecule has 0 saturated carbocycles. The minimum atomic E-state index is -0.268. The van der Waals surface area contributed by atoms with Crippen LogP contribution in [0.25, 0.3) is 0 Å². The smallest absolute Gasteiger partial charge is 0.410 e. The van der Waals surface area contributed by atoms with Gasteiger partial charge in [-0.05, 0) is 11.5 Å². The molecular weight excluding hydrogens is 264 g/mol. The van der Waals surface area contributed by atoms with Crippen LogP contribution in [0, 0.1) is 5.92 Å². The fourth-order valence-corrected chi connectivity index (χ4v) is 2.61. The Morgan fingerprint density at radius 2 is 2.19 bits per heavy atom. The van der Waals surface area contributed by atoms with Crippen LogP contribution in [0.2, 0.25) is 0 Å². The van der Waals surface area contributed by atoms with Crippen LogP contribution in [0.3, 0.4) is 0 Å². The molecule has 0 bridgehead atoms. The van der Waals surface area contributed by atoms with E-state index < -0.39 is 0 Å². The monoisotopic (exact) mass is 288 g/mol. The van der Waals surface area contributed by atoms with E-state index in [0.717, 1.165) is 12.1 Å². The van der Waals surface area contributed by atoms with Crippen molar-refractivity contribution < 1.29 is 9.53 Å². The van der Waals surface area contributed by atoms with Crippen LogP contribution < -0.4 is 5.32 Å². The van der Waals surface area contributed by atoms with Gasteiger partial charge in [-0.2, -0.15) is 0 Å². The third-order valence-electron chi connectivity index (χ3n) is 3.89. The van der Waals surface area contributed by atoms with Gasteiger partial charge >= 0.3 is 6.09 Å². The molecule has 0 aromatic heterocycles. The van der Waals surface area contributed by atoms with Gasteiger partial charge in [0.1, 0.15) is 6.61 Å². The van der Waals surface area contributed by atoms with E-state index in [2.05, 4.69) is 37.9 Å². The molecule has 1 aliphatic heterocycles. The lowest BCUT2D eigenvalue weighted by molar-refractivity contribution is 0.0686. The van der Waals surface area contributed by atoms with Crippen LogP contribution in [0.4, 0.5) is 4.79 Å². The Morgan fingerprint density at radius 3 is 2.81 bits per heavy atom. The molecule has 4 nitrogen and oxygen atoms in total. The summed E-state index contributed by atoms with van der Waals surface area (Å²) in [6, 6.07) is 10.4. The van der Waals surface area contributed by atoms with Gasteiger partial charge in [0.15, 0.2) is 0 Å². The number of benzene rings is 1. The molecule has 0 radical (unpaired) electrons. The van der Waals surface area contributed by atoms with E-state index in [1.54, 1.807) is 6.08 Å². The molecule has 1 amide bonds. The number of hydrogen-bond donors (Lipinski definition) is 1. The predicted molar refractivity (Wildman–Crippen MR) is 84.1 cm³/mol. The van der Waals surface area contributed by atoms with Crippen molar-refractivity contribution in [3.8, 4) is 0 Å². The Bertz CT molecular complexity index is 473. The summed E-state index contributed by atoms with van der Waals surface area (Å²) >= 11 is 0. The summed E-state index contributed by atoms with van der Waals surface area (Å²) < 4.78 is 5.25. The molecule has 0 aliphatic carbocycles. The second-order valence-electron chi connectivity index (χ2n) is 5.70. The molecule has 0 spiro atoms. The number of amides is 1. The Hall–Kier alpha value is -1.81. The molecule has 2 rings (SSSR count). The first-order chi connectivity index (χ1) is 10.1. The number of ether oxygens (including phenoxy) is 1. The Kier molecular flexibility index (Phi) is 5.39. The zero-order valence-corrected chi connectivity index (χ0v) is 12.8. The highest BCUT2D eigenvalue weighted by Crippen LogP contribution is 2.26. The number of nitrogens with one attached hydrogen (secondary N) is 1. The van der Waals surface area contributed by atoms with Crippen molar-refractivity contribution in [2.45, 2.75) is 25.9 Å². The van der Waals surface area contributed by atoms with Crippen LogP contribution in [-0.2, 0) is 4.74 Å². The minimum absolute atomic E-state index is 0.0125. The average Bonchev–Trinajstić information content (AvgIpc) is 2.52. The summed E-state index contributed by atoms with van der Waals surface area (Å²) in [6.07, 6.45) is 1.33. The zero-order valence-electron chi connectivity index (χ0n) is 12.8. The van der Waals surface area contributed by atoms with Crippen molar-refractivity contribution in [2.24, 2.45) is 5.92 Å². The maximum Gasteiger partial charge on any atom is 0.410 e. The first-order valence-electron chi connectivity index (χ1n) is 7.46. The summed E-state index contributed by atoms with van der Waals surface area (Å²) in [4.78, 5) is 14.2. The number of nitrogens with zero attached hydrogens (tertiary/aromatic N) is 1. The largest absolute Gasteiger partial charge is 0.445 e. The molecule has 1 N–H and O–H groups in total. The second kappa shape index (κ2) is 7.27. The molecule has 1 heterocycles. The Balaban J connectivity index is 2.17. The summed E-state index contributed by atoms with van der Waals surface area (Å²) in [6.45, 7) is 9.56. The van der Waals surface area contributed by atoms with Gasteiger partial charge in [-0.3, -0.25) is 4.90 Å². The topological polar surface area (TPSA) is 41.6 Å². The highest BCUT2D eigenvalue weighted by molar-refractivity contribution is 5.68. The van der Waals surface area contributed by atoms with Crippen LogP contribution in [0.1, 0.15) is 25.5 Å². The van der Waals surface area contributed by atoms with Crippen molar-refractivity contribution in [3.63, 3.8) is 0 Å². The maximum absolute atomic E-state index is 12.3. The van der Waals surface area contributed by atoms with Crippen molar-refractivity contribution >= 4 is 6.09 Å². The Labute approximate surface area is 126 Å². The molecule has 1 saturated heterocycles. The second-order valence-corrected chi connectivity index (χ2v) is 5.70. The fraction of sp³-hybridized carbons (Fsp3) is 0.471. The van der Waals surface area contributed by atoms with Crippen LogP contribution in [0.5, 0.6) is 0 Å². The number of carbonyl (C=O) groups excluding carboxylic acids is 1. The fourth-order valence-electron chi connectivity index (χ4n) is 2.61. The lowest BCUT2D eigenvalue weighted by Gasteiger charge is -2.41. The number of piperazine rings is 1. The SMILES string of the molecule is C=CCOC(=O)N1CC(C(C)C)NCC1c1ccccc1. The van der Waals surface area contributed by atoms with Crippen molar-refractivity contribution in [1.29, 1.82) is 0 Å². The number of rotatable bonds is 4. The van der Waals surface area contributed by atoms with E-state index in [4.69, 9.17) is 4.74 Å². The molecule has 2 unspecified atom stereocenters. The first-order valence-corrected chi connectivity index (χ1v) is 7.46. The van der Waals surface area contributed by atoms with Gasteiger partial charge in [-0.1, -0.05) is 56.8 Å². The average molecular weight is 288 g/mol. The normalized spacial score (nSPS) is 22.1. The van der Waals surface area contributed by atoms with Gasteiger partial charge in [0.2, 0.25) is 0 Å². The predicted octanol–water partition coefficient (Wildman–Crippen LogP) is 2.98. The van der Waals surface area contributed by atoms with Crippen LogP contribution >= 0.6 is 0 Å².